The lowest BCUT2D eigenvalue weighted by Crippen LogP contribution is -2.55. The van der Waals surface area contributed by atoms with Crippen LogP contribution in [-0.4, -0.2) is 24.6 Å². The topological polar surface area (TPSA) is 64.6 Å². The van der Waals surface area contributed by atoms with Crippen molar-refractivity contribution < 1.29 is 19.2 Å². The molecular formula is C13H21NO4. The van der Waals surface area contributed by atoms with Gasteiger partial charge in [-0.1, -0.05) is 0 Å². The Morgan fingerprint density at radius 3 is 2.33 bits per heavy atom. The van der Waals surface area contributed by atoms with Gasteiger partial charge < -0.3 is 9.57 Å². The molecule has 0 aliphatic heterocycles. The van der Waals surface area contributed by atoms with E-state index in [0.29, 0.717) is 18.4 Å². The fourth-order valence-corrected chi connectivity index (χ4v) is 3.35. The van der Waals surface area contributed by atoms with Crippen LogP contribution < -0.4 is 5.48 Å². The fraction of sp³-hybridized carbons (Fsp3) is 0.846. The molecule has 0 saturated heterocycles. The number of hydrogen-bond donors (Lipinski definition) is 1. The zero-order valence-corrected chi connectivity index (χ0v) is 11.0. The van der Waals surface area contributed by atoms with Crippen LogP contribution in [-0.2, 0) is 19.2 Å². The van der Waals surface area contributed by atoms with E-state index in [9.17, 15) is 9.59 Å². The van der Waals surface area contributed by atoms with Gasteiger partial charge in [-0.3, -0.25) is 9.59 Å². The summed E-state index contributed by atoms with van der Waals surface area (Å²) < 4.78 is 5.15. The molecule has 2 bridgehead atoms. The van der Waals surface area contributed by atoms with Gasteiger partial charge in [0.15, 0.2) is 0 Å². The van der Waals surface area contributed by atoms with Gasteiger partial charge in [0.25, 0.3) is 0 Å². The third kappa shape index (κ3) is 2.66. The molecule has 3 saturated carbocycles. The van der Waals surface area contributed by atoms with Gasteiger partial charge in [-0.15, -0.1) is 5.48 Å². The third-order valence-corrected chi connectivity index (χ3v) is 4.12. The molecule has 18 heavy (non-hydrogen) atoms. The number of rotatable bonds is 4. The minimum atomic E-state index is -0.376. The molecule has 0 aromatic carbocycles. The summed E-state index contributed by atoms with van der Waals surface area (Å²) in [4.78, 5) is 27.8. The van der Waals surface area contributed by atoms with Gasteiger partial charge in [0, 0.05) is 6.92 Å². The molecule has 3 rings (SSSR count). The average Bonchev–Trinajstić information content (AvgIpc) is 2.37. The number of ether oxygens (including phenoxy) is 1. The Labute approximate surface area is 107 Å². The van der Waals surface area contributed by atoms with Crippen molar-refractivity contribution in [2.24, 2.45) is 17.8 Å². The van der Waals surface area contributed by atoms with Crippen LogP contribution in [0, 0.1) is 17.8 Å². The van der Waals surface area contributed by atoms with Crippen LogP contribution in [0.1, 0.15) is 39.5 Å². The number of hydrogen-bond acceptors (Lipinski definition) is 5. The highest BCUT2D eigenvalue weighted by Crippen LogP contribution is 2.45. The van der Waals surface area contributed by atoms with Crippen LogP contribution in [0.3, 0.4) is 0 Å². The van der Waals surface area contributed by atoms with Crippen molar-refractivity contribution in [3.8, 4) is 0 Å². The van der Waals surface area contributed by atoms with Crippen LogP contribution in [0.15, 0.2) is 0 Å². The minimum Gasteiger partial charge on any atom is -0.466 e. The van der Waals surface area contributed by atoms with E-state index >= 15 is 0 Å². The smallest absolute Gasteiger partial charge is 0.321 e. The van der Waals surface area contributed by atoms with Gasteiger partial charge >= 0.3 is 11.9 Å². The average molecular weight is 255 g/mol. The molecule has 0 aromatic heterocycles. The van der Waals surface area contributed by atoms with Crippen molar-refractivity contribution >= 4 is 11.9 Å². The molecule has 2 atom stereocenters. The number of carbonyl (C=O) groups excluding carboxylic acids is 2. The normalized spacial score (nSPS) is 34.1. The molecule has 0 aromatic rings. The van der Waals surface area contributed by atoms with E-state index < -0.39 is 0 Å². The van der Waals surface area contributed by atoms with Crippen molar-refractivity contribution in [3.63, 3.8) is 0 Å². The van der Waals surface area contributed by atoms with Crippen LogP contribution in [0.25, 0.3) is 0 Å². The number of fused-ring (bicyclic) bond motifs is 3. The first kappa shape index (κ1) is 13.3. The maximum Gasteiger partial charge on any atom is 0.321 e. The van der Waals surface area contributed by atoms with Gasteiger partial charge in [-0.2, -0.15) is 0 Å². The predicted octanol–water partition coefficient (Wildman–Crippen LogP) is 1.42. The SMILES string of the molecule is CCOC(=O)[C@H]1[C@H]2CC[C@H](CC2)[C@@H]1NOC(C)=O. The van der Waals surface area contributed by atoms with Crippen molar-refractivity contribution in [2.45, 2.75) is 45.6 Å². The highest BCUT2D eigenvalue weighted by molar-refractivity contribution is 5.74. The van der Waals surface area contributed by atoms with E-state index in [2.05, 4.69) is 5.48 Å². The molecule has 5 heteroatoms. The molecule has 3 aliphatic rings. The van der Waals surface area contributed by atoms with E-state index in [4.69, 9.17) is 9.57 Å². The van der Waals surface area contributed by atoms with Crippen LogP contribution in [0.5, 0.6) is 0 Å². The molecule has 5 nitrogen and oxygen atoms in total. The zero-order chi connectivity index (χ0) is 13.1. The highest BCUT2D eigenvalue weighted by atomic mass is 16.7. The molecule has 3 fully saturated rings. The van der Waals surface area contributed by atoms with Crippen molar-refractivity contribution in [1.82, 2.24) is 5.48 Å². The van der Waals surface area contributed by atoms with Gasteiger partial charge in [-0.05, 0) is 44.4 Å². The van der Waals surface area contributed by atoms with E-state index in [1.165, 1.54) is 6.92 Å². The minimum absolute atomic E-state index is 0.0829. The maximum absolute atomic E-state index is 12.0. The Balaban J connectivity index is 2.06. The lowest BCUT2D eigenvalue weighted by atomic mass is 9.62. The summed E-state index contributed by atoms with van der Waals surface area (Å²) in [5.74, 6) is 0.0678. The summed E-state index contributed by atoms with van der Waals surface area (Å²) in [6, 6.07) is -0.0829. The molecule has 0 spiro atoms. The van der Waals surface area contributed by atoms with E-state index in [1.807, 2.05) is 6.92 Å². The van der Waals surface area contributed by atoms with E-state index in [1.54, 1.807) is 0 Å². The molecule has 0 amide bonds. The van der Waals surface area contributed by atoms with Gasteiger partial charge in [0.2, 0.25) is 0 Å². The Bertz CT molecular complexity index is 323. The Morgan fingerprint density at radius 1 is 1.17 bits per heavy atom. The van der Waals surface area contributed by atoms with E-state index in [0.717, 1.165) is 25.7 Å². The van der Waals surface area contributed by atoms with Crippen LogP contribution in [0.4, 0.5) is 0 Å². The molecule has 0 unspecified atom stereocenters. The van der Waals surface area contributed by atoms with Crippen LogP contribution >= 0.6 is 0 Å². The first-order chi connectivity index (χ1) is 8.63. The standard InChI is InChI=1S/C13H21NO4/c1-3-17-13(16)11-9-4-6-10(7-5-9)12(11)14-18-8(2)15/h9-12,14H,3-7H2,1-2H3/t9-,10+,11-,12-/m0/s1. The molecular weight excluding hydrogens is 234 g/mol. The van der Waals surface area contributed by atoms with Gasteiger partial charge in [-0.25, -0.2) is 0 Å². The third-order valence-electron chi connectivity index (χ3n) is 4.12. The Morgan fingerprint density at radius 2 is 1.78 bits per heavy atom. The quantitative estimate of drug-likeness (QED) is 0.608. The lowest BCUT2D eigenvalue weighted by molar-refractivity contribution is -0.168. The Hall–Kier alpha value is -1.10. The lowest BCUT2D eigenvalue weighted by Gasteiger charge is -2.46. The zero-order valence-electron chi connectivity index (χ0n) is 11.0. The number of esters is 1. The van der Waals surface area contributed by atoms with Crippen molar-refractivity contribution in [1.29, 1.82) is 0 Å². The number of carbonyl (C=O) groups is 2. The summed E-state index contributed by atoms with van der Waals surface area (Å²) in [5.41, 5.74) is 2.79. The summed E-state index contributed by atoms with van der Waals surface area (Å²) in [6.45, 7) is 3.56. The first-order valence-electron chi connectivity index (χ1n) is 6.73. The molecule has 0 heterocycles. The summed E-state index contributed by atoms with van der Waals surface area (Å²) >= 11 is 0. The number of nitrogens with one attached hydrogen (secondary N) is 1. The van der Waals surface area contributed by atoms with E-state index in [-0.39, 0.29) is 23.9 Å². The van der Waals surface area contributed by atoms with Crippen molar-refractivity contribution in [3.05, 3.63) is 0 Å². The van der Waals surface area contributed by atoms with Crippen molar-refractivity contribution in [2.75, 3.05) is 6.61 Å². The molecule has 0 radical (unpaired) electrons. The second-order valence-electron chi connectivity index (χ2n) is 5.19. The summed E-state index contributed by atoms with van der Waals surface area (Å²) in [5, 5.41) is 0. The first-order valence-corrected chi connectivity index (χ1v) is 6.73. The Kier molecular flexibility index (Phi) is 4.22. The summed E-state index contributed by atoms with van der Waals surface area (Å²) in [6.07, 6.45) is 4.35. The summed E-state index contributed by atoms with van der Waals surface area (Å²) in [7, 11) is 0. The fourth-order valence-electron chi connectivity index (χ4n) is 3.35. The highest BCUT2D eigenvalue weighted by Gasteiger charge is 2.48. The maximum atomic E-state index is 12.0. The molecule has 1 N–H and O–H groups in total. The van der Waals surface area contributed by atoms with Gasteiger partial charge in [0.05, 0.1) is 18.6 Å². The predicted molar refractivity (Wildman–Crippen MR) is 64.3 cm³/mol. The molecule has 102 valence electrons. The van der Waals surface area contributed by atoms with Crippen LogP contribution in [0.2, 0.25) is 0 Å². The number of hydroxylamine groups is 1. The molecule has 3 aliphatic carbocycles. The largest absolute Gasteiger partial charge is 0.466 e. The second kappa shape index (κ2) is 5.69. The second-order valence-corrected chi connectivity index (χ2v) is 5.19. The van der Waals surface area contributed by atoms with Gasteiger partial charge in [0.1, 0.15) is 0 Å². The monoisotopic (exact) mass is 255 g/mol.